The van der Waals surface area contributed by atoms with Crippen molar-refractivity contribution < 1.29 is 0 Å². The van der Waals surface area contributed by atoms with Gasteiger partial charge in [0.25, 0.3) is 0 Å². The van der Waals surface area contributed by atoms with Crippen LogP contribution in [0.15, 0.2) is 4.99 Å². The Morgan fingerprint density at radius 1 is 1.08 bits per heavy atom. The molecule has 0 atom stereocenters. The van der Waals surface area contributed by atoms with E-state index < -0.39 is 0 Å². The monoisotopic (exact) mass is 467 g/mol. The summed E-state index contributed by atoms with van der Waals surface area (Å²) in [7, 11) is 4.08. The van der Waals surface area contributed by atoms with Gasteiger partial charge < -0.3 is 20.4 Å². The molecule has 25 heavy (non-hydrogen) atoms. The zero-order valence-corrected chi connectivity index (χ0v) is 19.6. The minimum absolute atomic E-state index is 0. The fourth-order valence-corrected chi connectivity index (χ4v) is 3.14. The topological polar surface area (TPSA) is 42.9 Å². The molecule has 0 bridgehead atoms. The smallest absolute Gasteiger partial charge is 0.191 e. The third-order valence-electron chi connectivity index (χ3n) is 4.95. The Labute approximate surface area is 173 Å². The van der Waals surface area contributed by atoms with E-state index in [-0.39, 0.29) is 24.0 Å². The van der Waals surface area contributed by atoms with Gasteiger partial charge in [0, 0.05) is 39.8 Å². The van der Waals surface area contributed by atoms with Crippen molar-refractivity contribution in [1.82, 2.24) is 20.4 Å². The molecule has 0 amide bonds. The molecule has 0 radical (unpaired) electrons. The van der Waals surface area contributed by atoms with Crippen LogP contribution in [0.3, 0.4) is 0 Å². The molecule has 1 fully saturated rings. The summed E-state index contributed by atoms with van der Waals surface area (Å²) in [6.07, 6.45) is 6.49. The van der Waals surface area contributed by atoms with E-state index >= 15 is 0 Å². The summed E-state index contributed by atoms with van der Waals surface area (Å²) < 4.78 is 0. The van der Waals surface area contributed by atoms with Gasteiger partial charge in [-0.25, -0.2) is 0 Å². The molecule has 1 saturated heterocycles. The van der Waals surface area contributed by atoms with Gasteiger partial charge in [-0.05, 0) is 38.4 Å². The Bertz CT molecular complexity index is 360. The molecule has 5 nitrogen and oxygen atoms in total. The molecule has 1 aliphatic rings. The second kappa shape index (κ2) is 14.0. The zero-order chi connectivity index (χ0) is 17.8. The number of unbranched alkanes of at least 4 members (excludes halogenated alkanes) is 2. The number of rotatable bonds is 9. The number of nitrogens with one attached hydrogen (secondary N) is 2. The highest BCUT2D eigenvalue weighted by Crippen LogP contribution is 2.22. The minimum Gasteiger partial charge on any atom is -0.356 e. The first kappa shape index (κ1) is 24.9. The Kier molecular flexibility index (Phi) is 14.0. The number of aliphatic imine (C=N–C) groups is 1. The highest BCUT2D eigenvalue weighted by atomic mass is 127. The third-order valence-corrected chi connectivity index (χ3v) is 4.95. The van der Waals surface area contributed by atoms with Gasteiger partial charge >= 0.3 is 0 Å². The van der Waals surface area contributed by atoms with Gasteiger partial charge in [-0.1, -0.05) is 40.0 Å². The summed E-state index contributed by atoms with van der Waals surface area (Å²) >= 11 is 0. The first-order valence-electron chi connectivity index (χ1n) is 9.82. The first-order chi connectivity index (χ1) is 11.5. The normalized spacial score (nSPS) is 17.7. The number of hydrogen-bond acceptors (Lipinski definition) is 3. The molecule has 1 aliphatic heterocycles. The van der Waals surface area contributed by atoms with Crippen molar-refractivity contribution in [1.29, 1.82) is 0 Å². The van der Waals surface area contributed by atoms with Gasteiger partial charge in [0.1, 0.15) is 0 Å². The Hall–Kier alpha value is -0.0800. The zero-order valence-electron chi connectivity index (χ0n) is 17.2. The van der Waals surface area contributed by atoms with Crippen molar-refractivity contribution in [3.8, 4) is 0 Å². The maximum absolute atomic E-state index is 4.37. The molecular weight excluding hydrogens is 425 g/mol. The van der Waals surface area contributed by atoms with E-state index in [1.54, 1.807) is 0 Å². The number of hydrogen-bond donors (Lipinski definition) is 2. The van der Waals surface area contributed by atoms with Crippen LogP contribution in [0.2, 0.25) is 0 Å². The maximum atomic E-state index is 4.37. The molecule has 0 aromatic heterocycles. The molecule has 0 saturated carbocycles. The lowest BCUT2D eigenvalue weighted by Gasteiger charge is -2.26. The summed E-state index contributed by atoms with van der Waals surface area (Å²) in [5.74, 6) is 0.936. The number of nitrogens with zero attached hydrogens (tertiary/aromatic N) is 3. The molecule has 6 heteroatoms. The Morgan fingerprint density at radius 3 is 2.52 bits per heavy atom. The van der Waals surface area contributed by atoms with E-state index in [1.807, 2.05) is 7.05 Å². The van der Waals surface area contributed by atoms with Crippen LogP contribution in [0.4, 0.5) is 0 Å². The predicted octanol–water partition coefficient (Wildman–Crippen LogP) is 3.01. The van der Waals surface area contributed by atoms with Crippen molar-refractivity contribution in [2.45, 2.75) is 52.9 Å². The Morgan fingerprint density at radius 2 is 1.84 bits per heavy atom. The summed E-state index contributed by atoms with van der Waals surface area (Å²) in [5.41, 5.74) is 0.322. The molecule has 0 spiro atoms. The first-order valence-corrected chi connectivity index (χ1v) is 9.82. The van der Waals surface area contributed by atoms with Crippen LogP contribution in [0.25, 0.3) is 0 Å². The van der Waals surface area contributed by atoms with Crippen molar-refractivity contribution in [2.75, 3.05) is 59.9 Å². The van der Waals surface area contributed by atoms with Gasteiger partial charge in [-0.15, -0.1) is 24.0 Å². The molecule has 0 unspecified atom stereocenters. The fourth-order valence-electron chi connectivity index (χ4n) is 3.14. The maximum Gasteiger partial charge on any atom is 0.191 e. The summed E-state index contributed by atoms with van der Waals surface area (Å²) in [6.45, 7) is 14.8. The second-order valence-corrected chi connectivity index (χ2v) is 7.97. The fraction of sp³-hybridized carbons (Fsp3) is 0.947. The summed E-state index contributed by atoms with van der Waals surface area (Å²) in [4.78, 5) is 9.35. The van der Waals surface area contributed by atoms with Crippen LogP contribution in [-0.2, 0) is 0 Å². The average Bonchev–Trinajstić information content (AvgIpc) is 2.75. The van der Waals surface area contributed by atoms with E-state index in [0.717, 1.165) is 25.6 Å². The van der Waals surface area contributed by atoms with Crippen molar-refractivity contribution >= 4 is 29.9 Å². The number of likely N-dealkylation sites (N-methyl/N-ethyl adjacent to an activating group) is 1. The molecule has 0 aromatic rings. The molecule has 1 rings (SSSR count). The van der Waals surface area contributed by atoms with Gasteiger partial charge in [0.05, 0.1) is 0 Å². The van der Waals surface area contributed by atoms with Crippen LogP contribution in [0.5, 0.6) is 0 Å². The third kappa shape index (κ3) is 12.0. The largest absolute Gasteiger partial charge is 0.356 e. The molecule has 1 heterocycles. The van der Waals surface area contributed by atoms with Gasteiger partial charge in [-0.3, -0.25) is 4.99 Å². The minimum atomic E-state index is 0. The molecule has 150 valence electrons. The van der Waals surface area contributed by atoms with Crippen LogP contribution in [0, 0.1) is 5.41 Å². The number of guanidine groups is 1. The van der Waals surface area contributed by atoms with Crippen LogP contribution >= 0.6 is 24.0 Å². The molecule has 0 aromatic carbocycles. The number of halogens is 1. The highest BCUT2D eigenvalue weighted by Gasteiger charge is 2.17. The van der Waals surface area contributed by atoms with E-state index in [1.165, 1.54) is 58.3 Å². The van der Waals surface area contributed by atoms with E-state index in [4.69, 9.17) is 0 Å². The molecule has 2 N–H and O–H groups in total. The van der Waals surface area contributed by atoms with Crippen LogP contribution in [-0.4, -0.2) is 75.7 Å². The lowest BCUT2D eigenvalue weighted by molar-refractivity contribution is 0.279. The van der Waals surface area contributed by atoms with Crippen molar-refractivity contribution in [3.05, 3.63) is 0 Å². The molecule has 0 aliphatic carbocycles. The van der Waals surface area contributed by atoms with E-state index in [9.17, 15) is 0 Å². The summed E-state index contributed by atoms with van der Waals surface area (Å²) in [5, 5.41) is 6.98. The predicted molar refractivity (Wildman–Crippen MR) is 121 cm³/mol. The van der Waals surface area contributed by atoms with Gasteiger partial charge in [0.2, 0.25) is 0 Å². The van der Waals surface area contributed by atoms with E-state index in [0.29, 0.717) is 5.41 Å². The quantitative estimate of drug-likeness (QED) is 0.237. The average molecular weight is 467 g/mol. The second-order valence-electron chi connectivity index (χ2n) is 7.97. The van der Waals surface area contributed by atoms with Crippen molar-refractivity contribution in [2.24, 2.45) is 10.4 Å². The lowest BCUT2D eigenvalue weighted by atomic mass is 9.87. The summed E-state index contributed by atoms with van der Waals surface area (Å²) in [6, 6.07) is 0. The standard InChI is InChI=1S/C19H41N5.HI/c1-6-7-8-10-19(2,3)17-22-18(20-4)21-11-14-24-13-9-12-23(5)15-16-24;/h6-17H2,1-5H3,(H2,20,21,22);1H. The molecular formula is C19H42IN5. The highest BCUT2D eigenvalue weighted by molar-refractivity contribution is 14.0. The van der Waals surface area contributed by atoms with E-state index in [2.05, 4.69) is 53.2 Å². The van der Waals surface area contributed by atoms with Crippen molar-refractivity contribution in [3.63, 3.8) is 0 Å². The van der Waals surface area contributed by atoms with Gasteiger partial charge in [-0.2, -0.15) is 0 Å². The van der Waals surface area contributed by atoms with Crippen LogP contribution in [0.1, 0.15) is 52.9 Å². The SMILES string of the molecule is CCCCCC(C)(C)CNC(=NC)NCCN1CCCN(C)CC1.I. The Balaban J connectivity index is 0.00000576. The lowest BCUT2D eigenvalue weighted by Crippen LogP contribution is -2.45. The van der Waals surface area contributed by atoms with Crippen LogP contribution < -0.4 is 10.6 Å². The van der Waals surface area contributed by atoms with Gasteiger partial charge in [0.15, 0.2) is 5.96 Å².